The molecule has 22 heavy (non-hydrogen) atoms. The van der Waals surface area contributed by atoms with Gasteiger partial charge in [-0.2, -0.15) is 0 Å². The number of hydrogen-bond acceptors (Lipinski definition) is 5. The normalized spacial score (nSPS) is 21.4. The van der Waals surface area contributed by atoms with E-state index >= 15 is 0 Å². The van der Waals surface area contributed by atoms with Gasteiger partial charge in [0.1, 0.15) is 0 Å². The van der Waals surface area contributed by atoms with Crippen LogP contribution in [0.15, 0.2) is 22.6 Å². The molecular formula is C15H17F2N3O2. The zero-order valence-electron chi connectivity index (χ0n) is 12.2. The number of aromatic nitrogens is 2. The Balaban J connectivity index is 1.66. The zero-order chi connectivity index (χ0) is 15.5. The summed E-state index contributed by atoms with van der Waals surface area (Å²) in [6, 6.07) is 3.84. The van der Waals surface area contributed by atoms with Crippen molar-refractivity contribution in [3.63, 3.8) is 0 Å². The molecule has 1 saturated heterocycles. The summed E-state index contributed by atoms with van der Waals surface area (Å²) in [7, 11) is 0. The molecule has 1 aliphatic rings. The van der Waals surface area contributed by atoms with Gasteiger partial charge in [0.2, 0.25) is 11.8 Å². The molecule has 0 spiro atoms. The molecule has 1 fully saturated rings. The quantitative estimate of drug-likeness (QED) is 0.919. The molecular weight excluding hydrogens is 292 g/mol. The van der Waals surface area contributed by atoms with Gasteiger partial charge in [0.05, 0.1) is 12.6 Å². The fourth-order valence-electron chi connectivity index (χ4n) is 2.54. The molecule has 1 aromatic heterocycles. The number of rotatable bonds is 5. The van der Waals surface area contributed by atoms with Crippen molar-refractivity contribution in [2.24, 2.45) is 0 Å². The smallest absolute Gasteiger partial charge is 0.230 e. The second kappa shape index (κ2) is 6.50. The van der Waals surface area contributed by atoms with Gasteiger partial charge in [0.15, 0.2) is 11.6 Å². The van der Waals surface area contributed by atoms with Gasteiger partial charge >= 0.3 is 0 Å². The molecule has 0 radical (unpaired) electrons. The van der Waals surface area contributed by atoms with Crippen LogP contribution in [0, 0.1) is 11.6 Å². The first-order chi connectivity index (χ1) is 10.7. The summed E-state index contributed by atoms with van der Waals surface area (Å²) in [6.07, 6.45) is 1.15. The lowest BCUT2D eigenvalue weighted by atomic mass is 10.0. The maximum absolute atomic E-state index is 13.4. The Bertz CT molecular complexity index is 647. The molecule has 1 aliphatic heterocycles. The number of nitrogens with zero attached hydrogens (tertiary/aromatic N) is 2. The molecule has 2 atom stereocenters. The summed E-state index contributed by atoms with van der Waals surface area (Å²) in [4.78, 5) is 0. The van der Waals surface area contributed by atoms with E-state index in [1.54, 1.807) is 6.07 Å². The lowest BCUT2D eigenvalue weighted by molar-refractivity contribution is 0.0976. The van der Waals surface area contributed by atoms with Crippen LogP contribution >= 0.6 is 0 Å². The van der Waals surface area contributed by atoms with Crippen molar-refractivity contribution in [1.29, 1.82) is 0 Å². The molecule has 3 rings (SSSR count). The van der Waals surface area contributed by atoms with Gasteiger partial charge in [0, 0.05) is 19.1 Å². The minimum Gasteiger partial charge on any atom is -0.424 e. The fourth-order valence-corrected chi connectivity index (χ4v) is 2.54. The van der Waals surface area contributed by atoms with E-state index in [2.05, 4.69) is 15.5 Å². The van der Waals surface area contributed by atoms with E-state index in [9.17, 15) is 8.78 Å². The maximum Gasteiger partial charge on any atom is 0.230 e. The van der Waals surface area contributed by atoms with Crippen LogP contribution in [0.2, 0.25) is 0 Å². The van der Waals surface area contributed by atoms with E-state index in [0.29, 0.717) is 36.9 Å². The van der Waals surface area contributed by atoms with Crippen molar-refractivity contribution >= 4 is 0 Å². The minimum atomic E-state index is -0.865. The van der Waals surface area contributed by atoms with Crippen LogP contribution in [0.5, 0.6) is 0 Å². The molecule has 2 heterocycles. The average molecular weight is 309 g/mol. The van der Waals surface area contributed by atoms with Crippen LogP contribution < -0.4 is 5.32 Å². The Morgan fingerprint density at radius 2 is 2.05 bits per heavy atom. The molecule has 0 unspecified atom stereocenters. The van der Waals surface area contributed by atoms with Crippen LogP contribution in [-0.2, 0) is 17.7 Å². The second-order valence-electron chi connectivity index (χ2n) is 5.18. The van der Waals surface area contributed by atoms with Crippen molar-refractivity contribution in [3.8, 4) is 0 Å². The number of benzene rings is 1. The summed E-state index contributed by atoms with van der Waals surface area (Å²) in [5.41, 5.74) is 0.619. The van der Waals surface area contributed by atoms with Crippen LogP contribution in [0.1, 0.15) is 36.8 Å². The predicted octanol–water partition coefficient (Wildman–Crippen LogP) is 2.53. The van der Waals surface area contributed by atoms with Crippen molar-refractivity contribution < 1.29 is 17.9 Å². The fraction of sp³-hybridized carbons (Fsp3) is 0.467. The Morgan fingerprint density at radius 1 is 1.23 bits per heavy atom. The van der Waals surface area contributed by atoms with E-state index in [1.807, 2.05) is 6.92 Å². The predicted molar refractivity (Wildman–Crippen MR) is 74.0 cm³/mol. The van der Waals surface area contributed by atoms with Gasteiger partial charge < -0.3 is 14.5 Å². The monoisotopic (exact) mass is 309 g/mol. The third-order valence-electron chi connectivity index (χ3n) is 3.69. The molecule has 118 valence electrons. The highest BCUT2D eigenvalue weighted by molar-refractivity contribution is 5.22. The molecule has 7 heteroatoms. The van der Waals surface area contributed by atoms with Crippen LogP contribution in [0.25, 0.3) is 0 Å². The standard InChI is InChI=1S/C15H17F2N3O2/c1-2-13-19-20-14(22-13)8-18-12-5-6-21-15(12)9-3-4-10(16)11(17)7-9/h3-4,7,12,15,18H,2,5-6,8H2,1H3/t12-,15+/m0/s1. The molecule has 2 aromatic rings. The SMILES string of the molecule is CCc1nnc(CN[C@H]2CCO[C@@H]2c2ccc(F)c(F)c2)o1. The Hall–Kier alpha value is -1.86. The summed E-state index contributed by atoms with van der Waals surface area (Å²) < 4.78 is 37.5. The van der Waals surface area contributed by atoms with Crippen LogP contribution in [0.3, 0.4) is 0 Å². The van der Waals surface area contributed by atoms with Gasteiger partial charge in [0.25, 0.3) is 0 Å². The summed E-state index contributed by atoms with van der Waals surface area (Å²) >= 11 is 0. The molecule has 1 N–H and O–H groups in total. The lowest BCUT2D eigenvalue weighted by Crippen LogP contribution is -2.31. The number of aryl methyl sites for hydroxylation is 1. The highest BCUT2D eigenvalue weighted by Gasteiger charge is 2.30. The Labute approximate surface area is 126 Å². The maximum atomic E-state index is 13.4. The van der Waals surface area contributed by atoms with Gasteiger partial charge in [-0.15, -0.1) is 10.2 Å². The number of nitrogens with one attached hydrogen (secondary N) is 1. The Kier molecular flexibility index (Phi) is 4.44. The van der Waals surface area contributed by atoms with E-state index in [0.717, 1.165) is 12.5 Å². The molecule has 0 saturated carbocycles. The highest BCUT2D eigenvalue weighted by atomic mass is 19.2. The topological polar surface area (TPSA) is 60.2 Å². The minimum absolute atomic E-state index is 0.0122. The zero-order valence-corrected chi connectivity index (χ0v) is 12.2. The largest absolute Gasteiger partial charge is 0.424 e. The first-order valence-corrected chi connectivity index (χ1v) is 7.28. The van der Waals surface area contributed by atoms with E-state index < -0.39 is 11.6 Å². The highest BCUT2D eigenvalue weighted by Crippen LogP contribution is 2.30. The summed E-state index contributed by atoms with van der Waals surface area (Å²) in [6.45, 7) is 2.92. The molecule has 1 aromatic carbocycles. The number of ether oxygens (including phenoxy) is 1. The molecule has 5 nitrogen and oxygen atoms in total. The number of halogens is 2. The van der Waals surface area contributed by atoms with Crippen LogP contribution in [0.4, 0.5) is 8.78 Å². The van der Waals surface area contributed by atoms with Gasteiger partial charge in [-0.05, 0) is 24.1 Å². The van der Waals surface area contributed by atoms with Gasteiger partial charge in [-0.3, -0.25) is 0 Å². The van der Waals surface area contributed by atoms with Gasteiger partial charge in [-0.25, -0.2) is 8.78 Å². The van der Waals surface area contributed by atoms with Crippen molar-refractivity contribution in [1.82, 2.24) is 15.5 Å². The van der Waals surface area contributed by atoms with Crippen LogP contribution in [-0.4, -0.2) is 22.8 Å². The molecule has 0 aliphatic carbocycles. The molecule has 0 bridgehead atoms. The summed E-state index contributed by atoms with van der Waals surface area (Å²) in [5, 5.41) is 11.1. The molecule has 0 amide bonds. The van der Waals surface area contributed by atoms with E-state index in [-0.39, 0.29) is 12.1 Å². The van der Waals surface area contributed by atoms with Crippen molar-refractivity contribution in [3.05, 3.63) is 47.2 Å². The van der Waals surface area contributed by atoms with E-state index in [4.69, 9.17) is 9.15 Å². The Morgan fingerprint density at radius 3 is 2.77 bits per heavy atom. The first kappa shape index (κ1) is 15.1. The van der Waals surface area contributed by atoms with Crippen molar-refractivity contribution in [2.75, 3.05) is 6.61 Å². The summed E-state index contributed by atoms with van der Waals surface area (Å²) in [5.74, 6) is -0.620. The first-order valence-electron chi connectivity index (χ1n) is 7.28. The second-order valence-corrected chi connectivity index (χ2v) is 5.18. The van der Waals surface area contributed by atoms with E-state index in [1.165, 1.54) is 6.07 Å². The average Bonchev–Trinajstić information content (AvgIpc) is 3.16. The van der Waals surface area contributed by atoms with Crippen molar-refractivity contribution in [2.45, 2.75) is 38.5 Å². The third kappa shape index (κ3) is 3.15. The number of hydrogen-bond donors (Lipinski definition) is 1. The van der Waals surface area contributed by atoms with Gasteiger partial charge in [-0.1, -0.05) is 13.0 Å². The third-order valence-corrected chi connectivity index (χ3v) is 3.69. The lowest BCUT2D eigenvalue weighted by Gasteiger charge is -2.19.